The average molecular weight is 365 g/mol. The number of sulfonamides is 1. The molecule has 1 saturated heterocycles. The number of rotatable bonds is 5. The topological polar surface area (TPSA) is 85.5 Å². The van der Waals surface area contributed by atoms with E-state index >= 15 is 0 Å². The average Bonchev–Trinajstić information content (AvgIpc) is 3.07. The van der Waals surface area contributed by atoms with E-state index in [0.717, 1.165) is 25.7 Å². The third-order valence-corrected chi connectivity index (χ3v) is 6.54. The number of benzene rings is 1. The van der Waals surface area contributed by atoms with Gasteiger partial charge in [-0.1, -0.05) is 18.5 Å². The Morgan fingerprint density at radius 3 is 2.80 bits per heavy atom. The molecule has 1 aromatic carbocycles. The summed E-state index contributed by atoms with van der Waals surface area (Å²) in [6.45, 7) is 4.27. The van der Waals surface area contributed by atoms with E-state index in [9.17, 15) is 8.42 Å². The van der Waals surface area contributed by atoms with Crippen LogP contribution in [0.2, 0.25) is 0 Å². The molecule has 1 aromatic heterocycles. The Balaban J connectivity index is 2.04. The van der Waals surface area contributed by atoms with E-state index in [1.807, 2.05) is 6.92 Å². The van der Waals surface area contributed by atoms with Crippen LogP contribution in [-0.2, 0) is 10.0 Å². The van der Waals surface area contributed by atoms with Gasteiger partial charge in [-0.15, -0.1) is 0 Å². The third kappa shape index (κ3) is 3.41. The van der Waals surface area contributed by atoms with Crippen molar-refractivity contribution in [1.82, 2.24) is 14.4 Å². The predicted molar refractivity (Wildman–Crippen MR) is 92.8 cm³/mol. The Bertz CT molecular complexity index is 847. The standard InChI is InChI=1S/C17H23N3O4S/c1-4-13-7-5-6-10-20(13)25(21,22)14-8-9-16(23-3)15(11-14)17-18-12(2)24-19-17/h8-9,11,13H,4-7,10H2,1-3H3. The fourth-order valence-electron chi connectivity index (χ4n) is 3.26. The molecule has 0 aliphatic carbocycles. The van der Waals surface area contributed by atoms with Gasteiger partial charge in [0.25, 0.3) is 0 Å². The van der Waals surface area contributed by atoms with Crippen molar-refractivity contribution in [2.75, 3.05) is 13.7 Å². The van der Waals surface area contributed by atoms with Gasteiger partial charge < -0.3 is 9.26 Å². The molecule has 3 rings (SSSR count). The number of methoxy groups -OCH3 is 1. The van der Waals surface area contributed by atoms with Crippen LogP contribution >= 0.6 is 0 Å². The molecule has 136 valence electrons. The lowest BCUT2D eigenvalue weighted by Gasteiger charge is -2.34. The van der Waals surface area contributed by atoms with E-state index < -0.39 is 10.0 Å². The number of aryl methyl sites for hydroxylation is 1. The van der Waals surface area contributed by atoms with Crippen molar-refractivity contribution < 1.29 is 17.7 Å². The highest BCUT2D eigenvalue weighted by molar-refractivity contribution is 7.89. The van der Waals surface area contributed by atoms with Crippen molar-refractivity contribution in [3.8, 4) is 17.1 Å². The van der Waals surface area contributed by atoms with Gasteiger partial charge >= 0.3 is 0 Å². The second-order valence-electron chi connectivity index (χ2n) is 6.17. The highest BCUT2D eigenvalue weighted by Gasteiger charge is 2.33. The molecular formula is C17H23N3O4S. The molecule has 1 atom stereocenters. The summed E-state index contributed by atoms with van der Waals surface area (Å²) in [7, 11) is -2.05. The molecule has 0 bridgehead atoms. The zero-order valence-electron chi connectivity index (χ0n) is 14.7. The number of aromatic nitrogens is 2. The van der Waals surface area contributed by atoms with Gasteiger partial charge in [0.15, 0.2) is 0 Å². The van der Waals surface area contributed by atoms with Gasteiger partial charge in [0.1, 0.15) is 5.75 Å². The van der Waals surface area contributed by atoms with Crippen LogP contribution in [0.4, 0.5) is 0 Å². The van der Waals surface area contributed by atoms with Crippen molar-refractivity contribution >= 4 is 10.0 Å². The first-order valence-corrected chi connectivity index (χ1v) is 9.92. The zero-order chi connectivity index (χ0) is 18.0. The van der Waals surface area contributed by atoms with Crippen molar-refractivity contribution in [2.24, 2.45) is 0 Å². The van der Waals surface area contributed by atoms with Crippen LogP contribution in [0.1, 0.15) is 38.5 Å². The van der Waals surface area contributed by atoms with E-state index in [4.69, 9.17) is 9.26 Å². The summed E-state index contributed by atoms with van der Waals surface area (Å²) in [5.74, 6) is 1.23. The lowest BCUT2D eigenvalue weighted by atomic mass is 10.0. The van der Waals surface area contributed by atoms with E-state index in [2.05, 4.69) is 10.1 Å². The van der Waals surface area contributed by atoms with Gasteiger partial charge in [-0.2, -0.15) is 9.29 Å². The monoisotopic (exact) mass is 365 g/mol. The molecule has 1 unspecified atom stereocenters. The van der Waals surface area contributed by atoms with Gasteiger partial charge in [-0.05, 0) is 37.5 Å². The molecular weight excluding hydrogens is 342 g/mol. The van der Waals surface area contributed by atoms with Crippen molar-refractivity contribution in [3.05, 3.63) is 24.1 Å². The highest BCUT2D eigenvalue weighted by Crippen LogP contribution is 2.33. The van der Waals surface area contributed by atoms with Crippen LogP contribution in [0.3, 0.4) is 0 Å². The van der Waals surface area contributed by atoms with Crippen LogP contribution in [0, 0.1) is 6.92 Å². The minimum Gasteiger partial charge on any atom is -0.496 e. The Hall–Kier alpha value is -1.93. The Kier molecular flexibility index (Phi) is 5.10. The molecule has 2 heterocycles. The maximum atomic E-state index is 13.2. The normalized spacial score (nSPS) is 19.1. The first-order valence-electron chi connectivity index (χ1n) is 8.48. The molecule has 1 fully saturated rings. The zero-order valence-corrected chi connectivity index (χ0v) is 15.5. The molecule has 8 heteroatoms. The van der Waals surface area contributed by atoms with Gasteiger partial charge in [0, 0.05) is 19.5 Å². The molecule has 2 aromatic rings. The summed E-state index contributed by atoms with van der Waals surface area (Å²) < 4.78 is 38.3. The summed E-state index contributed by atoms with van der Waals surface area (Å²) in [4.78, 5) is 4.42. The fourth-order valence-corrected chi connectivity index (χ4v) is 5.06. The van der Waals surface area contributed by atoms with Crippen LogP contribution < -0.4 is 4.74 Å². The minimum absolute atomic E-state index is 0.0525. The van der Waals surface area contributed by atoms with Crippen molar-refractivity contribution in [2.45, 2.75) is 50.5 Å². The van der Waals surface area contributed by atoms with Crippen LogP contribution in [0.5, 0.6) is 5.75 Å². The second kappa shape index (κ2) is 7.13. The van der Waals surface area contributed by atoms with E-state index in [0.29, 0.717) is 29.6 Å². The number of nitrogens with zero attached hydrogens (tertiary/aromatic N) is 3. The molecule has 0 radical (unpaired) electrons. The number of piperidine rings is 1. The summed E-state index contributed by atoms with van der Waals surface area (Å²) in [5.41, 5.74) is 0.505. The van der Waals surface area contributed by atoms with Crippen molar-refractivity contribution in [1.29, 1.82) is 0 Å². The molecule has 0 amide bonds. The molecule has 1 aliphatic rings. The smallest absolute Gasteiger partial charge is 0.243 e. The molecule has 25 heavy (non-hydrogen) atoms. The van der Waals surface area contributed by atoms with Gasteiger partial charge in [-0.3, -0.25) is 0 Å². The lowest BCUT2D eigenvalue weighted by molar-refractivity contribution is 0.246. The Labute approximate surface area is 148 Å². The summed E-state index contributed by atoms with van der Waals surface area (Å²) in [6, 6.07) is 4.83. The van der Waals surface area contributed by atoms with Crippen molar-refractivity contribution in [3.63, 3.8) is 0 Å². The van der Waals surface area contributed by atoms with E-state index in [1.54, 1.807) is 29.4 Å². The maximum absolute atomic E-state index is 13.2. The Morgan fingerprint density at radius 1 is 1.36 bits per heavy atom. The van der Waals surface area contributed by atoms with Gasteiger partial charge in [0.05, 0.1) is 17.6 Å². The molecule has 7 nitrogen and oxygen atoms in total. The Morgan fingerprint density at radius 2 is 2.16 bits per heavy atom. The van der Waals surface area contributed by atoms with E-state index in [1.165, 1.54) is 7.11 Å². The van der Waals surface area contributed by atoms with Gasteiger partial charge in [0.2, 0.25) is 21.7 Å². The SMILES string of the molecule is CCC1CCCCN1S(=O)(=O)c1ccc(OC)c(-c2noc(C)n2)c1. The largest absolute Gasteiger partial charge is 0.496 e. The first kappa shape index (κ1) is 17.9. The van der Waals surface area contributed by atoms with Gasteiger partial charge in [-0.25, -0.2) is 8.42 Å². The number of hydrogen-bond acceptors (Lipinski definition) is 6. The first-order chi connectivity index (χ1) is 12.0. The maximum Gasteiger partial charge on any atom is 0.243 e. The summed E-state index contributed by atoms with van der Waals surface area (Å²) in [6.07, 6.45) is 3.68. The van der Waals surface area contributed by atoms with Crippen LogP contribution in [0.25, 0.3) is 11.4 Å². The molecule has 1 aliphatic heterocycles. The number of ether oxygens (including phenoxy) is 1. The molecule has 0 saturated carbocycles. The number of hydrogen-bond donors (Lipinski definition) is 0. The summed E-state index contributed by atoms with van der Waals surface area (Å²) >= 11 is 0. The predicted octanol–water partition coefficient (Wildman–Crippen LogP) is 3.01. The van der Waals surface area contributed by atoms with Crippen LogP contribution in [-0.4, -0.2) is 42.6 Å². The molecule has 0 N–H and O–H groups in total. The fraction of sp³-hybridized carbons (Fsp3) is 0.529. The second-order valence-corrected chi connectivity index (χ2v) is 8.06. The quantitative estimate of drug-likeness (QED) is 0.810. The third-order valence-electron chi connectivity index (χ3n) is 4.59. The highest BCUT2D eigenvalue weighted by atomic mass is 32.2. The lowest BCUT2D eigenvalue weighted by Crippen LogP contribution is -2.43. The minimum atomic E-state index is -3.58. The molecule has 0 spiro atoms. The summed E-state index contributed by atoms with van der Waals surface area (Å²) in [5, 5.41) is 3.89. The van der Waals surface area contributed by atoms with E-state index in [-0.39, 0.29) is 10.9 Å². The van der Waals surface area contributed by atoms with Crippen LogP contribution in [0.15, 0.2) is 27.6 Å².